The molecule has 1 aromatic carbocycles. The van der Waals surface area contributed by atoms with Gasteiger partial charge in [-0.15, -0.1) is 11.3 Å². The first-order valence-electron chi connectivity index (χ1n) is 7.54. The number of aryl methyl sites for hydroxylation is 1. The van der Waals surface area contributed by atoms with Gasteiger partial charge in [0.15, 0.2) is 0 Å². The highest BCUT2D eigenvalue weighted by molar-refractivity contribution is 7.15. The normalized spacial score (nSPS) is 14.9. The van der Waals surface area contributed by atoms with E-state index in [4.69, 9.17) is 4.98 Å². The van der Waals surface area contributed by atoms with Gasteiger partial charge < -0.3 is 5.32 Å². The molecule has 2 nitrogen and oxygen atoms in total. The summed E-state index contributed by atoms with van der Waals surface area (Å²) < 4.78 is 14.2. The molecule has 3 rings (SSSR count). The first kappa shape index (κ1) is 14.7. The zero-order valence-electron chi connectivity index (χ0n) is 12.7. The van der Waals surface area contributed by atoms with Crippen LogP contribution in [0.2, 0.25) is 0 Å². The number of halogens is 1. The maximum atomic E-state index is 14.2. The Morgan fingerprint density at radius 2 is 2.14 bits per heavy atom. The third kappa shape index (κ3) is 3.33. The van der Waals surface area contributed by atoms with E-state index < -0.39 is 0 Å². The highest BCUT2D eigenvalue weighted by atomic mass is 32.1. The molecule has 1 aromatic heterocycles. The summed E-state index contributed by atoms with van der Waals surface area (Å²) in [4.78, 5) is 5.95. The van der Waals surface area contributed by atoms with Gasteiger partial charge in [-0.1, -0.05) is 19.9 Å². The second kappa shape index (κ2) is 5.85. The number of benzene rings is 1. The van der Waals surface area contributed by atoms with Crippen LogP contribution in [0.25, 0.3) is 10.6 Å². The zero-order chi connectivity index (χ0) is 15.0. The molecule has 1 saturated carbocycles. The van der Waals surface area contributed by atoms with Crippen LogP contribution in [0, 0.1) is 12.7 Å². The molecule has 0 aliphatic heterocycles. The van der Waals surface area contributed by atoms with E-state index in [2.05, 4.69) is 19.2 Å². The minimum absolute atomic E-state index is 0.180. The van der Waals surface area contributed by atoms with Crippen LogP contribution in [-0.2, 0) is 6.54 Å². The predicted octanol–water partition coefficient (Wildman–Crippen LogP) is 4.63. The van der Waals surface area contributed by atoms with Crippen molar-refractivity contribution >= 4 is 11.3 Å². The Balaban J connectivity index is 1.92. The Hall–Kier alpha value is -1.26. The first-order valence-corrected chi connectivity index (χ1v) is 8.35. The average molecular weight is 304 g/mol. The third-order valence-electron chi connectivity index (χ3n) is 3.76. The molecule has 1 heterocycles. The molecule has 21 heavy (non-hydrogen) atoms. The van der Waals surface area contributed by atoms with Crippen LogP contribution in [0.15, 0.2) is 18.2 Å². The molecule has 0 unspecified atom stereocenters. The molecule has 1 N–H and O–H groups in total. The fourth-order valence-electron chi connectivity index (χ4n) is 2.37. The Morgan fingerprint density at radius 1 is 1.38 bits per heavy atom. The van der Waals surface area contributed by atoms with Gasteiger partial charge in [0.05, 0.1) is 5.69 Å². The molecule has 0 radical (unpaired) electrons. The van der Waals surface area contributed by atoms with Crippen LogP contribution >= 0.6 is 11.3 Å². The second-order valence-electron chi connectivity index (χ2n) is 6.12. The van der Waals surface area contributed by atoms with E-state index >= 15 is 0 Å². The van der Waals surface area contributed by atoms with Crippen LogP contribution < -0.4 is 5.32 Å². The lowest BCUT2D eigenvalue weighted by Gasteiger charge is -2.05. The Kier molecular flexibility index (Phi) is 4.09. The van der Waals surface area contributed by atoms with Gasteiger partial charge in [-0.05, 0) is 43.4 Å². The minimum Gasteiger partial charge on any atom is -0.309 e. The third-order valence-corrected chi connectivity index (χ3v) is 4.86. The quantitative estimate of drug-likeness (QED) is 0.871. The number of nitrogens with zero attached hydrogens (tertiary/aromatic N) is 1. The standard InChI is InChI=1S/C17H21FN2S/c1-10(2)16-15(9-19-12-5-6-12)21-17(20-16)13-7-4-11(3)8-14(13)18/h4,7-8,10,12,19H,5-6,9H2,1-3H3. The zero-order valence-corrected chi connectivity index (χ0v) is 13.6. The van der Waals surface area contributed by atoms with Crippen molar-refractivity contribution < 1.29 is 4.39 Å². The molecule has 4 heteroatoms. The minimum atomic E-state index is -0.180. The lowest BCUT2D eigenvalue weighted by atomic mass is 10.1. The molecular weight excluding hydrogens is 283 g/mol. The Labute approximate surface area is 129 Å². The maximum absolute atomic E-state index is 14.2. The van der Waals surface area contributed by atoms with E-state index in [1.54, 1.807) is 17.4 Å². The van der Waals surface area contributed by atoms with Crippen molar-refractivity contribution in [2.75, 3.05) is 0 Å². The summed E-state index contributed by atoms with van der Waals surface area (Å²) in [6.45, 7) is 7.04. The van der Waals surface area contributed by atoms with Crippen molar-refractivity contribution in [3.8, 4) is 10.6 Å². The van der Waals surface area contributed by atoms with Crippen LogP contribution in [0.3, 0.4) is 0 Å². The largest absolute Gasteiger partial charge is 0.309 e. The summed E-state index contributed by atoms with van der Waals surface area (Å²) in [6, 6.07) is 6.03. The van der Waals surface area contributed by atoms with E-state index in [1.165, 1.54) is 17.7 Å². The highest BCUT2D eigenvalue weighted by Crippen LogP contribution is 2.34. The lowest BCUT2D eigenvalue weighted by molar-refractivity contribution is 0.630. The molecule has 1 fully saturated rings. The van der Waals surface area contributed by atoms with Gasteiger partial charge in [-0.3, -0.25) is 0 Å². The number of aromatic nitrogens is 1. The van der Waals surface area contributed by atoms with Crippen molar-refractivity contribution in [3.63, 3.8) is 0 Å². The number of thiazole rings is 1. The van der Waals surface area contributed by atoms with E-state index in [1.807, 2.05) is 19.1 Å². The van der Waals surface area contributed by atoms with Gasteiger partial charge in [0.25, 0.3) is 0 Å². The molecule has 0 bridgehead atoms. The molecular formula is C17H21FN2S. The monoisotopic (exact) mass is 304 g/mol. The molecule has 0 amide bonds. The fraction of sp³-hybridized carbons (Fsp3) is 0.471. The SMILES string of the molecule is Cc1ccc(-c2nc(C(C)C)c(CNC3CC3)s2)c(F)c1. The van der Waals surface area contributed by atoms with Gasteiger partial charge in [0.2, 0.25) is 0 Å². The van der Waals surface area contributed by atoms with Crippen molar-refractivity contribution in [2.24, 2.45) is 0 Å². The van der Waals surface area contributed by atoms with Crippen molar-refractivity contribution in [1.29, 1.82) is 0 Å². The van der Waals surface area contributed by atoms with Gasteiger partial charge >= 0.3 is 0 Å². The number of nitrogens with one attached hydrogen (secondary N) is 1. The molecule has 2 aromatic rings. The Morgan fingerprint density at radius 3 is 2.76 bits per heavy atom. The second-order valence-corrected chi connectivity index (χ2v) is 7.20. The average Bonchev–Trinajstić information content (AvgIpc) is 3.15. The lowest BCUT2D eigenvalue weighted by Crippen LogP contribution is -2.15. The molecule has 0 atom stereocenters. The summed E-state index contributed by atoms with van der Waals surface area (Å²) in [5.74, 6) is 0.181. The molecule has 0 spiro atoms. The van der Waals surface area contributed by atoms with Gasteiger partial charge in [-0.2, -0.15) is 0 Å². The van der Waals surface area contributed by atoms with Gasteiger partial charge in [-0.25, -0.2) is 9.37 Å². The van der Waals surface area contributed by atoms with Crippen LogP contribution in [0.4, 0.5) is 4.39 Å². The van der Waals surface area contributed by atoms with E-state index in [-0.39, 0.29) is 5.82 Å². The highest BCUT2D eigenvalue weighted by Gasteiger charge is 2.23. The molecule has 0 saturated heterocycles. The van der Waals surface area contributed by atoms with Crippen LogP contribution in [0.5, 0.6) is 0 Å². The maximum Gasteiger partial charge on any atom is 0.133 e. The van der Waals surface area contributed by atoms with Crippen LogP contribution in [0.1, 0.15) is 48.7 Å². The number of hydrogen-bond acceptors (Lipinski definition) is 3. The summed E-state index contributed by atoms with van der Waals surface area (Å²) >= 11 is 1.62. The summed E-state index contributed by atoms with van der Waals surface area (Å²) in [6.07, 6.45) is 2.55. The van der Waals surface area contributed by atoms with E-state index in [0.717, 1.165) is 22.8 Å². The van der Waals surface area contributed by atoms with E-state index in [9.17, 15) is 4.39 Å². The molecule has 1 aliphatic carbocycles. The molecule has 1 aliphatic rings. The smallest absolute Gasteiger partial charge is 0.133 e. The number of rotatable bonds is 5. The first-order chi connectivity index (χ1) is 10.0. The fourth-order valence-corrected chi connectivity index (χ4v) is 3.57. The summed E-state index contributed by atoms with van der Waals surface area (Å²) in [7, 11) is 0. The van der Waals surface area contributed by atoms with Crippen molar-refractivity contribution in [1.82, 2.24) is 10.3 Å². The summed E-state index contributed by atoms with van der Waals surface area (Å²) in [5.41, 5.74) is 2.65. The summed E-state index contributed by atoms with van der Waals surface area (Å²) in [5, 5.41) is 4.33. The topological polar surface area (TPSA) is 24.9 Å². The van der Waals surface area contributed by atoms with Gasteiger partial charge in [0, 0.05) is 23.0 Å². The molecule has 112 valence electrons. The Bertz CT molecular complexity index is 644. The van der Waals surface area contributed by atoms with Crippen molar-refractivity contribution in [3.05, 3.63) is 40.2 Å². The van der Waals surface area contributed by atoms with Crippen LogP contribution in [-0.4, -0.2) is 11.0 Å². The number of hydrogen-bond donors (Lipinski definition) is 1. The van der Waals surface area contributed by atoms with Gasteiger partial charge in [0.1, 0.15) is 10.8 Å². The van der Waals surface area contributed by atoms with E-state index in [0.29, 0.717) is 17.5 Å². The predicted molar refractivity (Wildman–Crippen MR) is 86.2 cm³/mol. The van der Waals surface area contributed by atoms with Crippen molar-refractivity contribution in [2.45, 2.75) is 52.1 Å².